The largest absolute Gasteiger partial charge is 0.457 e. The fourth-order valence-electron chi connectivity index (χ4n) is 2.11. The zero-order valence-electron chi connectivity index (χ0n) is 10.5. The lowest BCUT2D eigenvalue weighted by molar-refractivity contribution is 0.604. The molecule has 19 heavy (non-hydrogen) atoms. The van der Waals surface area contributed by atoms with Crippen molar-refractivity contribution in [3.05, 3.63) is 78.1 Å². The summed E-state index contributed by atoms with van der Waals surface area (Å²) >= 11 is 0. The zero-order valence-corrected chi connectivity index (χ0v) is 10.5. The topological polar surface area (TPSA) is 13.1 Å². The van der Waals surface area contributed by atoms with Gasteiger partial charge in [0, 0.05) is 5.39 Å². The quantitative estimate of drug-likeness (QED) is 0.615. The predicted molar refractivity (Wildman–Crippen MR) is 81.7 cm³/mol. The summed E-state index contributed by atoms with van der Waals surface area (Å²) in [5, 5.41) is 1.12. The molecule has 92 valence electrons. The first-order chi connectivity index (χ1) is 9.36. The predicted octanol–water partition coefficient (Wildman–Crippen LogP) is 5.25. The number of fused-ring (bicyclic) bond motifs is 1. The van der Waals surface area contributed by atoms with Gasteiger partial charge in [0.15, 0.2) is 0 Å². The zero-order chi connectivity index (χ0) is 13.1. The summed E-state index contributed by atoms with van der Waals surface area (Å²) < 4.78 is 5.75. The Bertz CT molecular complexity index is 714. The second kappa shape index (κ2) is 4.99. The molecule has 3 rings (SSSR count). The molecule has 0 aliphatic carbocycles. The van der Waals surface area contributed by atoms with Crippen molar-refractivity contribution in [2.75, 3.05) is 0 Å². The van der Waals surface area contributed by atoms with Crippen LogP contribution in [-0.4, -0.2) is 0 Å². The number of para-hydroxylation sites is 1. The fourth-order valence-corrected chi connectivity index (χ4v) is 2.11. The first kappa shape index (κ1) is 11.5. The van der Waals surface area contributed by atoms with Gasteiger partial charge in [0.2, 0.25) is 0 Å². The minimum atomic E-state index is 0.861. The highest BCUT2D eigenvalue weighted by Gasteiger charge is 1.99. The summed E-state index contributed by atoms with van der Waals surface area (Å²) in [7, 11) is 0. The molecule has 0 unspecified atom stereocenters. The van der Waals surface area contributed by atoms with Crippen LogP contribution in [0.2, 0.25) is 0 Å². The SMILES string of the molecule is C=Cc1ccccc1/C=C\c1cc2ccccc2o1. The van der Waals surface area contributed by atoms with Gasteiger partial charge in [0.25, 0.3) is 0 Å². The van der Waals surface area contributed by atoms with Crippen LogP contribution < -0.4 is 0 Å². The molecule has 0 N–H and O–H groups in total. The van der Waals surface area contributed by atoms with Crippen LogP contribution in [-0.2, 0) is 0 Å². The second-order valence-corrected chi connectivity index (χ2v) is 4.35. The average Bonchev–Trinajstić information content (AvgIpc) is 2.88. The van der Waals surface area contributed by atoms with Crippen LogP contribution in [0.25, 0.3) is 29.2 Å². The van der Waals surface area contributed by atoms with Gasteiger partial charge >= 0.3 is 0 Å². The van der Waals surface area contributed by atoms with Gasteiger partial charge in [0.1, 0.15) is 11.3 Å². The lowest BCUT2D eigenvalue weighted by Gasteiger charge is -1.98. The Hall–Kier alpha value is -2.54. The van der Waals surface area contributed by atoms with Crippen LogP contribution in [0.1, 0.15) is 16.9 Å². The molecule has 1 aromatic heterocycles. The Morgan fingerprint density at radius 2 is 1.58 bits per heavy atom. The van der Waals surface area contributed by atoms with Crippen LogP contribution in [0, 0.1) is 0 Å². The molecule has 0 spiro atoms. The van der Waals surface area contributed by atoms with Crippen molar-refractivity contribution in [3.63, 3.8) is 0 Å². The lowest BCUT2D eigenvalue weighted by atomic mass is 10.1. The van der Waals surface area contributed by atoms with Gasteiger partial charge in [-0.2, -0.15) is 0 Å². The van der Waals surface area contributed by atoms with Crippen molar-refractivity contribution >= 4 is 29.2 Å². The van der Waals surface area contributed by atoms with Gasteiger partial charge in [-0.05, 0) is 29.3 Å². The Kier molecular flexibility index (Phi) is 3.03. The maximum absolute atomic E-state index is 5.75. The third-order valence-electron chi connectivity index (χ3n) is 3.09. The van der Waals surface area contributed by atoms with Gasteiger partial charge in [0.05, 0.1) is 0 Å². The summed E-state index contributed by atoms with van der Waals surface area (Å²) in [6.45, 7) is 3.82. The molecule has 0 fully saturated rings. The van der Waals surface area contributed by atoms with Crippen LogP contribution in [0.4, 0.5) is 0 Å². The molecule has 0 aliphatic heterocycles. The molecular weight excluding hydrogens is 232 g/mol. The normalized spacial score (nSPS) is 11.2. The van der Waals surface area contributed by atoms with Crippen molar-refractivity contribution in [2.45, 2.75) is 0 Å². The smallest absolute Gasteiger partial charge is 0.134 e. The van der Waals surface area contributed by atoms with E-state index < -0.39 is 0 Å². The van der Waals surface area contributed by atoms with Crippen LogP contribution in [0.15, 0.2) is 65.6 Å². The van der Waals surface area contributed by atoms with E-state index >= 15 is 0 Å². The molecule has 0 amide bonds. The van der Waals surface area contributed by atoms with E-state index in [-0.39, 0.29) is 0 Å². The molecule has 3 aromatic rings. The molecule has 0 saturated heterocycles. The molecule has 1 nitrogen and oxygen atoms in total. The van der Waals surface area contributed by atoms with Crippen molar-refractivity contribution in [2.24, 2.45) is 0 Å². The van der Waals surface area contributed by atoms with Crippen molar-refractivity contribution in [3.8, 4) is 0 Å². The molecule has 1 heteroatoms. The highest BCUT2D eigenvalue weighted by Crippen LogP contribution is 2.21. The van der Waals surface area contributed by atoms with E-state index in [4.69, 9.17) is 4.42 Å². The number of hydrogen-bond acceptors (Lipinski definition) is 1. The van der Waals surface area contributed by atoms with Gasteiger partial charge < -0.3 is 4.42 Å². The number of benzene rings is 2. The van der Waals surface area contributed by atoms with Crippen molar-refractivity contribution in [1.82, 2.24) is 0 Å². The highest BCUT2D eigenvalue weighted by molar-refractivity contribution is 5.82. The Morgan fingerprint density at radius 3 is 2.37 bits per heavy atom. The second-order valence-electron chi connectivity index (χ2n) is 4.35. The molecule has 0 bridgehead atoms. The van der Waals surface area contributed by atoms with Crippen LogP contribution in [0.5, 0.6) is 0 Å². The lowest BCUT2D eigenvalue weighted by Crippen LogP contribution is -1.77. The Morgan fingerprint density at radius 1 is 0.842 bits per heavy atom. The number of hydrogen-bond donors (Lipinski definition) is 0. The highest BCUT2D eigenvalue weighted by atomic mass is 16.3. The molecule has 2 aromatic carbocycles. The van der Waals surface area contributed by atoms with E-state index in [1.807, 2.05) is 60.7 Å². The third-order valence-corrected chi connectivity index (χ3v) is 3.09. The Balaban J connectivity index is 1.95. The van der Waals surface area contributed by atoms with Gasteiger partial charge in [-0.3, -0.25) is 0 Å². The summed E-state index contributed by atoms with van der Waals surface area (Å²) in [4.78, 5) is 0. The molecule has 1 heterocycles. The maximum Gasteiger partial charge on any atom is 0.134 e. The fraction of sp³-hybridized carbons (Fsp3) is 0. The molecule has 0 aliphatic rings. The number of rotatable bonds is 3. The van der Waals surface area contributed by atoms with Gasteiger partial charge in [-0.1, -0.05) is 61.2 Å². The van der Waals surface area contributed by atoms with E-state index in [0.717, 1.165) is 27.9 Å². The van der Waals surface area contributed by atoms with E-state index in [1.165, 1.54) is 0 Å². The summed E-state index contributed by atoms with van der Waals surface area (Å²) in [6, 6.07) is 18.2. The van der Waals surface area contributed by atoms with Gasteiger partial charge in [-0.15, -0.1) is 0 Å². The summed E-state index contributed by atoms with van der Waals surface area (Å²) in [5.74, 6) is 0.861. The minimum Gasteiger partial charge on any atom is -0.457 e. The molecule has 0 saturated carbocycles. The van der Waals surface area contributed by atoms with Crippen molar-refractivity contribution < 1.29 is 4.42 Å². The van der Waals surface area contributed by atoms with Gasteiger partial charge in [-0.25, -0.2) is 0 Å². The maximum atomic E-state index is 5.75. The standard InChI is InChI=1S/C18H14O/c1-2-14-7-3-4-8-15(14)11-12-17-13-16-9-5-6-10-18(16)19-17/h2-13H,1H2/b12-11-. The summed E-state index contributed by atoms with van der Waals surface area (Å²) in [6.07, 6.45) is 5.90. The first-order valence-electron chi connectivity index (χ1n) is 6.25. The number of furan rings is 1. The van der Waals surface area contributed by atoms with Crippen molar-refractivity contribution in [1.29, 1.82) is 0 Å². The molecule has 0 atom stereocenters. The Labute approximate surface area is 112 Å². The minimum absolute atomic E-state index is 0.861. The first-order valence-corrected chi connectivity index (χ1v) is 6.25. The third kappa shape index (κ3) is 2.36. The summed E-state index contributed by atoms with van der Waals surface area (Å²) in [5.41, 5.74) is 3.17. The molecule has 0 radical (unpaired) electrons. The van der Waals surface area contributed by atoms with Crippen LogP contribution in [0.3, 0.4) is 0 Å². The van der Waals surface area contributed by atoms with Crippen LogP contribution >= 0.6 is 0 Å². The van der Waals surface area contributed by atoms with E-state index in [2.05, 4.69) is 18.7 Å². The molecular formula is C18H14O. The average molecular weight is 246 g/mol. The van der Waals surface area contributed by atoms with E-state index in [0.29, 0.717) is 0 Å². The van der Waals surface area contributed by atoms with E-state index in [1.54, 1.807) is 0 Å². The van der Waals surface area contributed by atoms with E-state index in [9.17, 15) is 0 Å². The monoisotopic (exact) mass is 246 g/mol.